The van der Waals surface area contributed by atoms with Crippen molar-refractivity contribution in [1.82, 2.24) is 25.0 Å². The molecule has 2 aromatic rings. The molecule has 2 heterocycles. The van der Waals surface area contributed by atoms with E-state index in [2.05, 4.69) is 15.4 Å². The lowest BCUT2D eigenvalue weighted by atomic mass is 10.1. The molecule has 3 rings (SSSR count). The third kappa shape index (κ3) is 3.69. The van der Waals surface area contributed by atoms with Gasteiger partial charge in [-0.05, 0) is 24.6 Å². The van der Waals surface area contributed by atoms with Gasteiger partial charge in [-0.25, -0.2) is 9.67 Å². The highest BCUT2D eigenvalue weighted by molar-refractivity contribution is 5.87. The fourth-order valence-electron chi connectivity index (χ4n) is 3.06. The van der Waals surface area contributed by atoms with Crippen LogP contribution < -0.4 is 5.32 Å². The first kappa shape index (κ1) is 17.1. The smallest absolute Gasteiger partial charge is 0.243 e. The van der Waals surface area contributed by atoms with Gasteiger partial charge in [0.15, 0.2) is 0 Å². The van der Waals surface area contributed by atoms with Crippen LogP contribution in [0.15, 0.2) is 36.9 Å². The molecule has 25 heavy (non-hydrogen) atoms. The van der Waals surface area contributed by atoms with E-state index in [1.165, 1.54) is 18.2 Å². The maximum atomic E-state index is 12.5. The van der Waals surface area contributed by atoms with Crippen molar-refractivity contribution >= 4 is 11.8 Å². The van der Waals surface area contributed by atoms with Gasteiger partial charge in [0, 0.05) is 19.9 Å². The Bertz CT molecular complexity index is 744. The van der Waals surface area contributed by atoms with Crippen molar-refractivity contribution in [3.8, 4) is 5.69 Å². The van der Waals surface area contributed by atoms with Gasteiger partial charge in [-0.15, -0.1) is 0 Å². The van der Waals surface area contributed by atoms with Crippen molar-refractivity contribution in [3.05, 3.63) is 42.5 Å². The van der Waals surface area contributed by atoms with E-state index in [4.69, 9.17) is 0 Å². The van der Waals surface area contributed by atoms with Crippen LogP contribution in [-0.2, 0) is 9.59 Å². The Morgan fingerprint density at radius 3 is 2.64 bits per heavy atom. The number of aromatic nitrogens is 3. The zero-order chi connectivity index (χ0) is 18.0. The second kappa shape index (κ2) is 7.02. The summed E-state index contributed by atoms with van der Waals surface area (Å²) in [6.07, 6.45) is 2.69. The second-order valence-electron chi connectivity index (χ2n) is 6.24. The van der Waals surface area contributed by atoms with Gasteiger partial charge in [0.1, 0.15) is 18.7 Å². The molecule has 0 bridgehead atoms. The molecule has 1 aliphatic rings. The topological polar surface area (TPSA) is 100 Å². The normalized spacial score (nSPS) is 21.2. The highest BCUT2D eigenvalue weighted by Crippen LogP contribution is 2.20. The molecule has 1 saturated heterocycles. The van der Waals surface area contributed by atoms with Crippen LogP contribution in [0.2, 0.25) is 0 Å². The van der Waals surface area contributed by atoms with E-state index in [1.807, 2.05) is 31.2 Å². The predicted octanol–water partition coefficient (Wildman–Crippen LogP) is 0.426. The first-order valence-electron chi connectivity index (χ1n) is 8.16. The average molecular weight is 343 g/mol. The number of likely N-dealkylation sites (tertiary alicyclic amines) is 1. The average Bonchev–Trinajstić information content (AvgIpc) is 3.24. The Morgan fingerprint density at radius 2 is 2.04 bits per heavy atom. The Hall–Kier alpha value is -2.74. The summed E-state index contributed by atoms with van der Waals surface area (Å²) in [6, 6.07) is 6.78. The number of amides is 2. The van der Waals surface area contributed by atoms with E-state index >= 15 is 0 Å². The quantitative estimate of drug-likeness (QED) is 0.838. The number of hydrogen-bond donors (Lipinski definition) is 2. The molecule has 2 amide bonds. The van der Waals surface area contributed by atoms with E-state index in [9.17, 15) is 14.7 Å². The number of carbonyl (C=O) groups excluding carboxylic acids is 2. The summed E-state index contributed by atoms with van der Waals surface area (Å²) in [5.74, 6) is -0.457. The van der Waals surface area contributed by atoms with Crippen LogP contribution in [0.25, 0.3) is 5.69 Å². The number of rotatable bonds is 4. The lowest BCUT2D eigenvalue weighted by Gasteiger charge is -2.24. The first-order chi connectivity index (χ1) is 12.0. The third-order valence-corrected chi connectivity index (χ3v) is 4.42. The molecule has 0 aliphatic carbocycles. The van der Waals surface area contributed by atoms with Crippen LogP contribution in [0.3, 0.4) is 0 Å². The summed E-state index contributed by atoms with van der Waals surface area (Å²) in [5, 5.41) is 16.7. The summed E-state index contributed by atoms with van der Waals surface area (Å²) in [7, 11) is 0. The molecule has 0 saturated carbocycles. The predicted molar refractivity (Wildman–Crippen MR) is 89.7 cm³/mol. The SMILES string of the molecule is CC(=O)N1C[C@H](O)C[C@@H]1C(=O)NC(C)c1ccc(-n2cncn2)cc1. The Labute approximate surface area is 145 Å². The first-order valence-corrected chi connectivity index (χ1v) is 8.16. The number of nitrogens with one attached hydrogen (secondary N) is 1. The number of aliphatic hydroxyl groups excluding tert-OH is 1. The summed E-state index contributed by atoms with van der Waals surface area (Å²) >= 11 is 0. The minimum Gasteiger partial charge on any atom is -0.391 e. The highest BCUT2D eigenvalue weighted by atomic mass is 16.3. The number of nitrogens with zero attached hydrogens (tertiary/aromatic N) is 4. The van der Waals surface area contributed by atoms with Crippen molar-refractivity contribution in [2.24, 2.45) is 0 Å². The Kier molecular flexibility index (Phi) is 4.80. The van der Waals surface area contributed by atoms with Gasteiger partial charge in [0.2, 0.25) is 11.8 Å². The zero-order valence-corrected chi connectivity index (χ0v) is 14.2. The molecule has 8 nitrogen and oxygen atoms in total. The molecule has 0 radical (unpaired) electrons. The van der Waals surface area contributed by atoms with Crippen LogP contribution in [-0.4, -0.2) is 55.3 Å². The summed E-state index contributed by atoms with van der Waals surface area (Å²) in [4.78, 5) is 29.5. The van der Waals surface area contributed by atoms with Crippen molar-refractivity contribution in [3.63, 3.8) is 0 Å². The van der Waals surface area contributed by atoms with E-state index in [-0.39, 0.29) is 30.8 Å². The fourth-order valence-corrected chi connectivity index (χ4v) is 3.06. The van der Waals surface area contributed by atoms with Crippen LogP contribution in [0.4, 0.5) is 0 Å². The lowest BCUT2D eigenvalue weighted by molar-refractivity contribution is -0.137. The van der Waals surface area contributed by atoms with Crippen LogP contribution in [0, 0.1) is 0 Å². The van der Waals surface area contributed by atoms with Crippen molar-refractivity contribution in [2.75, 3.05) is 6.54 Å². The molecular weight excluding hydrogens is 322 g/mol. The zero-order valence-electron chi connectivity index (χ0n) is 14.2. The van der Waals surface area contributed by atoms with Gasteiger partial charge in [-0.2, -0.15) is 5.10 Å². The minimum absolute atomic E-state index is 0.203. The molecular formula is C17H21N5O3. The number of carbonyl (C=O) groups is 2. The highest BCUT2D eigenvalue weighted by Gasteiger charge is 2.37. The van der Waals surface area contributed by atoms with E-state index in [0.29, 0.717) is 0 Å². The van der Waals surface area contributed by atoms with Gasteiger partial charge in [-0.3, -0.25) is 9.59 Å². The van der Waals surface area contributed by atoms with E-state index in [0.717, 1.165) is 11.3 Å². The van der Waals surface area contributed by atoms with Crippen LogP contribution in [0.5, 0.6) is 0 Å². The maximum absolute atomic E-state index is 12.5. The largest absolute Gasteiger partial charge is 0.391 e. The van der Waals surface area contributed by atoms with Gasteiger partial charge in [0.25, 0.3) is 0 Å². The summed E-state index contributed by atoms with van der Waals surface area (Å²) in [5.41, 5.74) is 1.81. The molecule has 1 fully saturated rings. The van der Waals surface area contributed by atoms with Gasteiger partial charge < -0.3 is 15.3 Å². The number of hydrogen-bond acceptors (Lipinski definition) is 5. The van der Waals surface area contributed by atoms with Crippen LogP contribution >= 0.6 is 0 Å². The second-order valence-corrected chi connectivity index (χ2v) is 6.24. The monoisotopic (exact) mass is 343 g/mol. The van der Waals surface area contributed by atoms with Gasteiger partial charge in [-0.1, -0.05) is 12.1 Å². The molecule has 3 atom stereocenters. The number of benzene rings is 1. The van der Waals surface area contributed by atoms with Crippen molar-refractivity contribution in [2.45, 2.75) is 38.5 Å². The molecule has 132 valence electrons. The maximum Gasteiger partial charge on any atom is 0.243 e. The number of aliphatic hydroxyl groups is 1. The van der Waals surface area contributed by atoms with Crippen molar-refractivity contribution in [1.29, 1.82) is 0 Å². The Balaban J connectivity index is 1.66. The summed E-state index contributed by atoms with van der Waals surface area (Å²) < 4.78 is 1.65. The molecule has 1 aromatic heterocycles. The van der Waals surface area contributed by atoms with Gasteiger partial charge in [0.05, 0.1) is 17.8 Å². The third-order valence-electron chi connectivity index (χ3n) is 4.42. The molecule has 1 unspecified atom stereocenters. The number of β-amino-alcohol motifs (C(OH)–C–C–N with tert-alkyl or cyclic N) is 1. The molecule has 1 aromatic carbocycles. The standard InChI is InChI=1S/C17H21N5O3/c1-11(13-3-5-14(6-4-13)22-10-18-9-19-22)20-17(25)16-7-15(24)8-21(16)12(2)23/h3-6,9-11,15-16,24H,7-8H2,1-2H3,(H,20,25)/t11?,15-,16-/m1/s1. The van der Waals surface area contributed by atoms with Gasteiger partial charge >= 0.3 is 0 Å². The molecule has 0 spiro atoms. The van der Waals surface area contributed by atoms with E-state index < -0.39 is 12.1 Å². The van der Waals surface area contributed by atoms with Crippen molar-refractivity contribution < 1.29 is 14.7 Å². The molecule has 8 heteroatoms. The van der Waals surface area contributed by atoms with Crippen LogP contribution in [0.1, 0.15) is 31.9 Å². The molecule has 2 N–H and O–H groups in total. The minimum atomic E-state index is -0.656. The fraction of sp³-hybridized carbons (Fsp3) is 0.412. The molecule has 1 aliphatic heterocycles. The Morgan fingerprint density at radius 1 is 1.32 bits per heavy atom. The summed E-state index contributed by atoms with van der Waals surface area (Å²) in [6.45, 7) is 3.49. The van der Waals surface area contributed by atoms with E-state index in [1.54, 1.807) is 11.0 Å². The lowest BCUT2D eigenvalue weighted by Crippen LogP contribution is -2.45.